The van der Waals surface area contributed by atoms with Crippen LogP contribution in [0.1, 0.15) is 37.6 Å². The van der Waals surface area contributed by atoms with Crippen LogP contribution in [-0.4, -0.2) is 22.4 Å². The lowest BCUT2D eigenvalue weighted by molar-refractivity contribution is 0.627. The molecule has 0 saturated carbocycles. The van der Waals surface area contributed by atoms with E-state index in [2.05, 4.69) is 34.2 Å². The normalized spacial score (nSPS) is 15.4. The van der Waals surface area contributed by atoms with Crippen LogP contribution in [-0.2, 0) is 0 Å². The minimum absolute atomic E-state index is 0.188. The zero-order valence-electron chi connectivity index (χ0n) is 12.2. The van der Waals surface area contributed by atoms with Crippen LogP contribution in [0.4, 0.5) is 9.52 Å². The van der Waals surface area contributed by atoms with Crippen LogP contribution in [0.2, 0.25) is 0 Å². The highest BCUT2D eigenvalue weighted by molar-refractivity contribution is 7.09. The van der Waals surface area contributed by atoms with E-state index >= 15 is 0 Å². The van der Waals surface area contributed by atoms with Crippen LogP contribution in [0.25, 0.3) is 5.57 Å². The summed E-state index contributed by atoms with van der Waals surface area (Å²) in [6.45, 7) is 5.97. The number of rotatable bonds is 3. The van der Waals surface area contributed by atoms with Crippen molar-refractivity contribution in [2.45, 2.75) is 26.2 Å². The Balaban J connectivity index is 1.72. The van der Waals surface area contributed by atoms with Gasteiger partial charge < -0.3 is 4.90 Å². The second-order valence-electron chi connectivity index (χ2n) is 5.52. The molecule has 0 unspecified atom stereocenters. The van der Waals surface area contributed by atoms with Crippen molar-refractivity contribution in [3.8, 4) is 0 Å². The molecule has 2 aromatic rings. The quantitative estimate of drug-likeness (QED) is 0.855. The van der Waals surface area contributed by atoms with Crippen molar-refractivity contribution >= 4 is 22.2 Å². The Morgan fingerprint density at radius 2 is 2.00 bits per heavy atom. The third kappa shape index (κ3) is 3.13. The van der Waals surface area contributed by atoms with Crippen LogP contribution in [0.5, 0.6) is 0 Å². The molecule has 5 heteroatoms. The van der Waals surface area contributed by atoms with Gasteiger partial charge in [-0.05, 0) is 29.7 Å². The SMILES string of the molecule is CC(C)c1nsc(N2CC=C(c3ccc(F)cc3)CC2)n1. The molecular weight excluding hydrogens is 285 g/mol. The number of hydrogen-bond donors (Lipinski definition) is 0. The van der Waals surface area contributed by atoms with Crippen molar-refractivity contribution in [1.29, 1.82) is 0 Å². The predicted octanol–water partition coefficient (Wildman–Crippen LogP) is 4.09. The van der Waals surface area contributed by atoms with Crippen molar-refractivity contribution in [3.63, 3.8) is 0 Å². The molecule has 2 heterocycles. The third-order valence-electron chi connectivity index (χ3n) is 3.64. The first kappa shape index (κ1) is 14.2. The van der Waals surface area contributed by atoms with Gasteiger partial charge in [-0.25, -0.2) is 9.37 Å². The summed E-state index contributed by atoms with van der Waals surface area (Å²) in [6, 6.07) is 6.72. The maximum absolute atomic E-state index is 13.0. The summed E-state index contributed by atoms with van der Waals surface area (Å²) in [5, 5.41) is 0.994. The minimum Gasteiger partial charge on any atom is -0.343 e. The summed E-state index contributed by atoms with van der Waals surface area (Å²) >= 11 is 1.47. The largest absolute Gasteiger partial charge is 0.343 e. The van der Waals surface area contributed by atoms with E-state index in [0.717, 1.165) is 36.0 Å². The van der Waals surface area contributed by atoms with Gasteiger partial charge >= 0.3 is 0 Å². The highest BCUT2D eigenvalue weighted by Crippen LogP contribution is 2.27. The van der Waals surface area contributed by atoms with Crippen LogP contribution in [0.15, 0.2) is 30.3 Å². The molecular formula is C16H18FN3S. The molecule has 0 radical (unpaired) electrons. The fraction of sp³-hybridized carbons (Fsp3) is 0.375. The lowest BCUT2D eigenvalue weighted by Gasteiger charge is -2.25. The van der Waals surface area contributed by atoms with E-state index < -0.39 is 0 Å². The minimum atomic E-state index is -0.188. The standard InChI is InChI=1S/C16H18FN3S/c1-11(2)15-18-16(21-19-15)20-9-7-13(8-10-20)12-3-5-14(17)6-4-12/h3-7,11H,8-10H2,1-2H3. The van der Waals surface area contributed by atoms with Gasteiger partial charge in [-0.15, -0.1) is 0 Å². The van der Waals surface area contributed by atoms with Crippen LogP contribution in [0, 0.1) is 5.82 Å². The first-order valence-corrected chi connectivity index (χ1v) is 7.94. The summed E-state index contributed by atoms with van der Waals surface area (Å²) in [6.07, 6.45) is 3.15. The van der Waals surface area contributed by atoms with Crippen molar-refractivity contribution in [2.24, 2.45) is 0 Å². The topological polar surface area (TPSA) is 29.0 Å². The smallest absolute Gasteiger partial charge is 0.205 e. The lowest BCUT2D eigenvalue weighted by atomic mass is 10.00. The third-order valence-corrected chi connectivity index (χ3v) is 4.43. The number of aromatic nitrogens is 2. The van der Waals surface area contributed by atoms with E-state index in [1.807, 2.05) is 12.1 Å². The Bertz CT molecular complexity index is 646. The van der Waals surface area contributed by atoms with E-state index in [0.29, 0.717) is 5.92 Å². The summed E-state index contributed by atoms with van der Waals surface area (Å²) in [4.78, 5) is 6.84. The van der Waals surface area contributed by atoms with Gasteiger partial charge in [0, 0.05) is 30.5 Å². The average molecular weight is 303 g/mol. The molecule has 3 nitrogen and oxygen atoms in total. The number of anilines is 1. The monoisotopic (exact) mass is 303 g/mol. The Hall–Kier alpha value is -1.75. The molecule has 0 N–H and O–H groups in total. The van der Waals surface area contributed by atoms with E-state index in [9.17, 15) is 4.39 Å². The molecule has 110 valence electrons. The summed E-state index contributed by atoms with van der Waals surface area (Å²) in [5.41, 5.74) is 2.39. The number of nitrogens with zero attached hydrogens (tertiary/aromatic N) is 3. The molecule has 1 aliphatic rings. The molecule has 1 aromatic carbocycles. The Morgan fingerprint density at radius 1 is 1.24 bits per heavy atom. The maximum atomic E-state index is 13.0. The van der Waals surface area contributed by atoms with Crippen LogP contribution in [0.3, 0.4) is 0 Å². The average Bonchev–Trinajstić information content (AvgIpc) is 2.98. The summed E-state index contributed by atoms with van der Waals surface area (Å²) in [5.74, 6) is 1.10. The predicted molar refractivity (Wildman–Crippen MR) is 85.2 cm³/mol. The zero-order valence-corrected chi connectivity index (χ0v) is 13.0. The molecule has 0 aliphatic carbocycles. The number of hydrogen-bond acceptors (Lipinski definition) is 4. The van der Waals surface area contributed by atoms with Gasteiger partial charge in [-0.1, -0.05) is 32.1 Å². The number of halogens is 1. The molecule has 0 saturated heterocycles. The molecule has 3 rings (SSSR count). The van der Waals surface area contributed by atoms with Gasteiger partial charge in [0.2, 0.25) is 5.13 Å². The molecule has 0 fully saturated rings. The van der Waals surface area contributed by atoms with Gasteiger partial charge in [0.1, 0.15) is 11.6 Å². The van der Waals surface area contributed by atoms with Crippen LogP contribution >= 0.6 is 11.5 Å². The molecule has 0 amide bonds. The molecule has 1 aromatic heterocycles. The van der Waals surface area contributed by atoms with Gasteiger partial charge in [0.25, 0.3) is 0 Å². The molecule has 0 atom stereocenters. The van der Waals surface area contributed by atoms with E-state index in [1.165, 1.54) is 29.2 Å². The van der Waals surface area contributed by atoms with Crippen molar-refractivity contribution in [2.75, 3.05) is 18.0 Å². The second kappa shape index (κ2) is 5.93. The molecule has 21 heavy (non-hydrogen) atoms. The van der Waals surface area contributed by atoms with E-state index in [-0.39, 0.29) is 5.82 Å². The Morgan fingerprint density at radius 3 is 2.57 bits per heavy atom. The Kier molecular flexibility index (Phi) is 4.01. The molecule has 1 aliphatic heterocycles. The number of benzene rings is 1. The molecule has 0 spiro atoms. The van der Waals surface area contributed by atoms with Crippen molar-refractivity contribution in [3.05, 3.63) is 47.5 Å². The molecule has 0 bridgehead atoms. The van der Waals surface area contributed by atoms with Crippen molar-refractivity contribution < 1.29 is 4.39 Å². The van der Waals surface area contributed by atoms with Gasteiger partial charge in [0.05, 0.1) is 0 Å². The maximum Gasteiger partial charge on any atom is 0.205 e. The summed E-state index contributed by atoms with van der Waals surface area (Å²) < 4.78 is 17.4. The second-order valence-corrected chi connectivity index (χ2v) is 6.25. The zero-order chi connectivity index (χ0) is 14.8. The fourth-order valence-corrected chi connectivity index (χ4v) is 3.20. The highest BCUT2D eigenvalue weighted by Gasteiger charge is 2.17. The van der Waals surface area contributed by atoms with Crippen LogP contribution < -0.4 is 4.90 Å². The van der Waals surface area contributed by atoms with Gasteiger partial charge in [0.15, 0.2) is 0 Å². The fourth-order valence-electron chi connectivity index (χ4n) is 2.36. The lowest BCUT2D eigenvalue weighted by Crippen LogP contribution is -2.28. The first-order chi connectivity index (χ1) is 10.1. The Labute approximate surface area is 128 Å². The van der Waals surface area contributed by atoms with E-state index in [4.69, 9.17) is 0 Å². The van der Waals surface area contributed by atoms with Gasteiger partial charge in [-0.2, -0.15) is 4.37 Å². The van der Waals surface area contributed by atoms with Gasteiger partial charge in [-0.3, -0.25) is 0 Å². The van der Waals surface area contributed by atoms with E-state index in [1.54, 1.807) is 0 Å². The first-order valence-electron chi connectivity index (χ1n) is 7.17. The van der Waals surface area contributed by atoms with Crippen molar-refractivity contribution in [1.82, 2.24) is 9.36 Å². The summed E-state index contributed by atoms with van der Waals surface area (Å²) in [7, 11) is 0. The highest BCUT2D eigenvalue weighted by atomic mass is 32.1.